The largest absolute Gasteiger partial charge is 0.379 e. The summed E-state index contributed by atoms with van der Waals surface area (Å²) in [4.78, 5) is 6.69. The van der Waals surface area contributed by atoms with Crippen molar-refractivity contribution < 1.29 is 9.47 Å². The highest BCUT2D eigenvalue weighted by atomic mass is 127. The second-order valence-corrected chi connectivity index (χ2v) is 6.95. The van der Waals surface area contributed by atoms with Gasteiger partial charge in [0.25, 0.3) is 0 Å². The second-order valence-electron chi connectivity index (χ2n) is 6.95. The quantitative estimate of drug-likeness (QED) is 0.359. The summed E-state index contributed by atoms with van der Waals surface area (Å²) in [7, 11) is 3.50. The lowest BCUT2D eigenvalue weighted by molar-refractivity contribution is 0.0268. The number of morpholine rings is 1. The molecule has 0 saturated carbocycles. The maximum absolute atomic E-state index is 5.41. The topological polar surface area (TPSA) is 58.1 Å². The molecule has 7 heteroatoms. The summed E-state index contributed by atoms with van der Waals surface area (Å²) in [5.74, 6) is 0.780. The van der Waals surface area contributed by atoms with Gasteiger partial charge in [-0.3, -0.25) is 9.89 Å². The zero-order valence-electron chi connectivity index (χ0n) is 16.4. The second kappa shape index (κ2) is 11.7. The molecule has 1 heterocycles. The molecule has 26 heavy (non-hydrogen) atoms. The van der Waals surface area contributed by atoms with E-state index in [0.29, 0.717) is 6.54 Å². The number of halogens is 1. The van der Waals surface area contributed by atoms with E-state index in [1.54, 1.807) is 14.2 Å². The normalized spacial score (nSPS) is 16.1. The van der Waals surface area contributed by atoms with Crippen molar-refractivity contribution >= 4 is 29.9 Å². The molecule has 0 amide bonds. The third-order valence-electron chi connectivity index (χ3n) is 4.45. The van der Waals surface area contributed by atoms with Gasteiger partial charge < -0.3 is 20.1 Å². The van der Waals surface area contributed by atoms with Crippen LogP contribution in [0.2, 0.25) is 0 Å². The van der Waals surface area contributed by atoms with E-state index in [4.69, 9.17) is 9.47 Å². The first kappa shape index (κ1) is 23.1. The molecule has 2 rings (SSSR count). The number of nitrogens with one attached hydrogen (secondary N) is 2. The zero-order valence-corrected chi connectivity index (χ0v) is 18.7. The fraction of sp³-hybridized carbons (Fsp3) is 0.632. The molecule has 1 aliphatic rings. The monoisotopic (exact) mass is 476 g/mol. The van der Waals surface area contributed by atoms with E-state index in [0.717, 1.165) is 45.4 Å². The Bertz CT molecular complexity index is 543. The van der Waals surface area contributed by atoms with E-state index >= 15 is 0 Å². The van der Waals surface area contributed by atoms with Crippen LogP contribution in [0.1, 0.15) is 25.0 Å². The van der Waals surface area contributed by atoms with Gasteiger partial charge in [0, 0.05) is 46.9 Å². The van der Waals surface area contributed by atoms with Gasteiger partial charge in [-0.05, 0) is 25.0 Å². The van der Waals surface area contributed by atoms with Gasteiger partial charge in [-0.2, -0.15) is 0 Å². The van der Waals surface area contributed by atoms with Crippen LogP contribution in [0.4, 0.5) is 0 Å². The number of benzene rings is 1. The number of rotatable bonds is 7. The molecule has 6 nitrogen and oxygen atoms in total. The summed E-state index contributed by atoms with van der Waals surface area (Å²) in [6.45, 7) is 10.2. The van der Waals surface area contributed by atoms with Gasteiger partial charge in [-0.1, -0.05) is 24.3 Å². The summed E-state index contributed by atoms with van der Waals surface area (Å²) in [5.41, 5.74) is 2.35. The number of aliphatic imine (C=N–C) groups is 1. The number of methoxy groups -OCH3 is 1. The Morgan fingerprint density at radius 2 is 1.77 bits per heavy atom. The Morgan fingerprint density at radius 3 is 2.35 bits per heavy atom. The fourth-order valence-corrected chi connectivity index (χ4v) is 2.56. The molecule has 1 aliphatic heterocycles. The molecule has 1 aromatic rings. The van der Waals surface area contributed by atoms with Crippen LogP contribution in [-0.2, 0) is 22.6 Å². The Hall–Kier alpha value is -0.900. The Kier molecular flexibility index (Phi) is 10.4. The van der Waals surface area contributed by atoms with E-state index in [9.17, 15) is 0 Å². The molecule has 0 unspecified atom stereocenters. The first-order valence-corrected chi connectivity index (χ1v) is 8.90. The van der Waals surface area contributed by atoms with Crippen LogP contribution in [0.5, 0.6) is 0 Å². The Balaban J connectivity index is 0.00000338. The van der Waals surface area contributed by atoms with Gasteiger partial charge in [0.05, 0.1) is 18.8 Å². The lowest BCUT2D eigenvalue weighted by Crippen LogP contribution is -2.45. The average Bonchev–Trinajstić information content (AvgIpc) is 2.64. The molecule has 0 spiro atoms. The van der Waals surface area contributed by atoms with Crippen molar-refractivity contribution in [1.29, 1.82) is 0 Å². The summed E-state index contributed by atoms with van der Waals surface area (Å²) in [5, 5.41) is 6.63. The van der Waals surface area contributed by atoms with E-state index in [2.05, 4.69) is 44.8 Å². The Labute approximate surface area is 174 Å². The van der Waals surface area contributed by atoms with Gasteiger partial charge >= 0.3 is 0 Å². The van der Waals surface area contributed by atoms with Gasteiger partial charge in [-0.25, -0.2) is 0 Å². The minimum absolute atomic E-state index is 0. The molecular formula is C19H33IN4O2. The smallest absolute Gasteiger partial charge is 0.191 e. The zero-order chi connectivity index (χ0) is 18.1. The highest BCUT2D eigenvalue weighted by Crippen LogP contribution is 2.09. The molecule has 0 aromatic heterocycles. The summed E-state index contributed by atoms with van der Waals surface area (Å²) in [6.07, 6.45) is 0. The maximum atomic E-state index is 5.41. The van der Waals surface area contributed by atoms with Crippen LogP contribution >= 0.6 is 24.0 Å². The van der Waals surface area contributed by atoms with Crippen LogP contribution in [0.3, 0.4) is 0 Å². The average molecular weight is 476 g/mol. The fourth-order valence-electron chi connectivity index (χ4n) is 2.56. The maximum Gasteiger partial charge on any atom is 0.191 e. The minimum Gasteiger partial charge on any atom is -0.379 e. The van der Waals surface area contributed by atoms with Gasteiger partial charge in [-0.15, -0.1) is 24.0 Å². The molecule has 1 saturated heterocycles. The third kappa shape index (κ3) is 8.20. The number of guanidine groups is 1. The lowest BCUT2D eigenvalue weighted by Gasteiger charge is -2.26. The van der Waals surface area contributed by atoms with Crippen LogP contribution in [0.15, 0.2) is 29.3 Å². The molecule has 148 valence electrons. The molecular weight excluding hydrogens is 443 g/mol. The van der Waals surface area contributed by atoms with Crippen molar-refractivity contribution in [2.24, 2.45) is 4.99 Å². The number of hydrogen-bond acceptors (Lipinski definition) is 4. The number of nitrogens with zero attached hydrogens (tertiary/aromatic N) is 2. The lowest BCUT2D eigenvalue weighted by atomic mass is 10.1. The standard InChI is InChI=1S/C19H32N4O2.HI/c1-19(2,24-4)15-22-18(20-3)21-13-16-5-7-17(8-6-16)14-23-9-11-25-12-10-23;/h5-8H,9-15H2,1-4H3,(H2,20,21,22);1H. The van der Waals surface area contributed by atoms with E-state index in [-0.39, 0.29) is 29.6 Å². The van der Waals surface area contributed by atoms with E-state index in [1.165, 1.54) is 11.1 Å². The molecule has 0 aliphatic carbocycles. The van der Waals surface area contributed by atoms with Crippen molar-refractivity contribution in [1.82, 2.24) is 15.5 Å². The molecule has 2 N–H and O–H groups in total. The van der Waals surface area contributed by atoms with Crippen LogP contribution in [0.25, 0.3) is 0 Å². The van der Waals surface area contributed by atoms with Gasteiger partial charge in [0.2, 0.25) is 0 Å². The molecule has 1 fully saturated rings. The van der Waals surface area contributed by atoms with E-state index in [1.807, 2.05) is 13.8 Å². The summed E-state index contributed by atoms with van der Waals surface area (Å²) < 4.78 is 10.8. The van der Waals surface area contributed by atoms with Crippen LogP contribution in [-0.4, -0.2) is 63.5 Å². The summed E-state index contributed by atoms with van der Waals surface area (Å²) >= 11 is 0. The Morgan fingerprint density at radius 1 is 1.15 bits per heavy atom. The number of hydrogen-bond donors (Lipinski definition) is 2. The summed E-state index contributed by atoms with van der Waals surface area (Å²) in [6, 6.07) is 8.76. The van der Waals surface area contributed by atoms with Crippen molar-refractivity contribution in [2.45, 2.75) is 32.5 Å². The van der Waals surface area contributed by atoms with Crippen LogP contribution < -0.4 is 10.6 Å². The van der Waals surface area contributed by atoms with Gasteiger partial charge in [0.15, 0.2) is 5.96 Å². The predicted molar refractivity (Wildman–Crippen MR) is 117 cm³/mol. The predicted octanol–water partition coefficient (Wildman–Crippen LogP) is 2.23. The van der Waals surface area contributed by atoms with Crippen molar-refractivity contribution in [2.75, 3.05) is 47.0 Å². The highest BCUT2D eigenvalue weighted by molar-refractivity contribution is 14.0. The molecule has 1 aromatic carbocycles. The SMILES string of the molecule is CN=C(NCc1ccc(CN2CCOCC2)cc1)NCC(C)(C)OC.I. The molecule has 0 bridgehead atoms. The minimum atomic E-state index is -0.223. The van der Waals surface area contributed by atoms with Crippen molar-refractivity contribution in [3.8, 4) is 0 Å². The van der Waals surface area contributed by atoms with Crippen molar-refractivity contribution in [3.05, 3.63) is 35.4 Å². The molecule has 0 radical (unpaired) electrons. The third-order valence-corrected chi connectivity index (χ3v) is 4.45. The van der Waals surface area contributed by atoms with E-state index < -0.39 is 0 Å². The molecule has 0 atom stereocenters. The van der Waals surface area contributed by atoms with Crippen molar-refractivity contribution in [3.63, 3.8) is 0 Å². The highest BCUT2D eigenvalue weighted by Gasteiger charge is 2.16. The number of ether oxygens (including phenoxy) is 2. The van der Waals surface area contributed by atoms with Gasteiger partial charge in [0.1, 0.15) is 0 Å². The first-order valence-electron chi connectivity index (χ1n) is 8.90. The van der Waals surface area contributed by atoms with Crippen LogP contribution in [0, 0.1) is 0 Å². The first-order chi connectivity index (χ1) is 12.0.